The van der Waals surface area contributed by atoms with E-state index in [2.05, 4.69) is 0 Å². The highest BCUT2D eigenvalue weighted by Gasteiger charge is 2.15. The first-order valence-corrected chi connectivity index (χ1v) is 7.68. The molecule has 2 aromatic carbocycles. The van der Waals surface area contributed by atoms with Crippen LogP contribution in [0.2, 0.25) is 0 Å². The Balaban J connectivity index is 2.12. The average Bonchev–Trinajstić information content (AvgIpc) is 2.55. The number of para-hydroxylation sites is 1. The number of hydrogen-bond donors (Lipinski definition) is 2. The second kappa shape index (κ2) is 8.80. The Morgan fingerprint density at radius 1 is 1.00 bits per heavy atom. The third-order valence-electron chi connectivity index (χ3n) is 3.39. The third-order valence-corrected chi connectivity index (χ3v) is 3.39. The molecule has 5 nitrogen and oxygen atoms in total. The van der Waals surface area contributed by atoms with Gasteiger partial charge in [0.15, 0.2) is 0 Å². The number of unbranched alkanes of at least 4 members (excludes halogenated alkanes) is 1. The third kappa shape index (κ3) is 5.64. The van der Waals surface area contributed by atoms with Crippen molar-refractivity contribution in [3.8, 4) is 11.5 Å². The summed E-state index contributed by atoms with van der Waals surface area (Å²) in [6.45, 7) is 0.612. The minimum Gasteiger partial charge on any atom is -0.457 e. The van der Waals surface area contributed by atoms with Crippen LogP contribution in [0.15, 0.2) is 54.6 Å². The highest BCUT2D eigenvalue weighted by molar-refractivity contribution is 5.65. The van der Waals surface area contributed by atoms with E-state index < -0.39 is 12.2 Å². The van der Waals surface area contributed by atoms with Gasteiger partial charge in [0.2, 0.25) is 0 Å². The number of rotatable bonds is 8. The molecule has 23 heavy (non-hydrogen) atoms. The monoisotopic (exact) mass is 314 g/mol. The highest BCUT2D eigenvalue weighted by atomic mass is 16.6. The van der Waals surface area contributed by atoms with Crippen molar-refractivity contribution in [3.63, 3.8) is 0 Å². The zero-order chi connectivity index (χ0) is 16.5. The fourth-order valence-corrected chi connectivity index (χ4v) is 2.31. The number of primary amides is 1. The molecule has 0 aliphatic carbocycles. The molecule has 4 N–H and O–H groups in total. The summed E-state index contributed by atoms with van der Waals surface area (Å²) in [5, 5.41) is 0. The Labute approximate surface area is 136 Å². The van der Waals surface area contributed by atoms with Crippen LogP contribution in [0.1, 0.15) is 30.9 Å². The van der Waals surface area contributed by atoms with E-state index in [0.29, 0.717) is 18.7 Å². The van der Waals surface area contributed by atoms with E-state index in [9.17, 15) is 4.79 Å². The minimum absolute atomic E-state index is 0.390. The fraction of sp³-hybridized carbons (Fsp3) is 0.278. The summed E-state index contributed by atoms with van der Waals surface area (Å²) in [5.74, 6) is 1.44. The van der Waals surface area contributed by atoms with Crippen LogP contribution in [0.4, 0.5) is 4.79 Å². The van der Waals surface area contributed by atoms with Gasteiger partial charge in [0.1, 0.15) is 17.6 Å². The summed E-state index contributed by atoms with van der Waals surface area (Å²) in [6.07, 6.45) is 1.24. The maximum absolute atomic E-state index is 11.1. The lowest BCUT2D eigenvalue weighted by Gasteiger charge is -2.18. The molecule has 122 valence electrons. The van der Waals surface area contributed by atoms with Crippen molar-refractivity contribution in [2.45, 2.75) is 25.4 Å². The molecule has 0 radical (unpaired) electrons. The van der Waals surface area contributed by atoms with E-state index in [-0.39, 0.29) is 0 Å². The Bertz CT molecular complexity index is 617. The molecule has 0 saturated heterocycles. The number of carbonyl (C=O) groups is 1. The summed E-state index contributed by atoms with van der Waals surface area (Å²) in [7, 11) is 0. The quantitative estimate of drug-likeness (QED) is 0.726. The predicted molar refractivity (Wildman–Crippen MR) is 89.3 cm³/mol. The Morgan fingerprint density at radius 3 is 2.43 bits per heavy atom. The van der Waals surface area contributed by atoms with Crippen molar-refractivity contribution in [2.75, 3.05) is 6.54 Å². The van der Waals surface area contributed by atoms with Gasteiger partial charge in [0.05, 0.1) is 0 Å². The van der Waals surface area contributed by atoms with Crippen molar-refractivity contribution in [1.82, 2.24) is 0 Å². The number of carbonyl (C=O) groups excluding carboxylic acids is 1. The lowest BCUT2D eigenvalue weighted by atomic mass is 10.0. The molecule has 0 saturated carbocycles. The average molecular weight is 314 g/mol. The molecule has 0 spiro atoms. The van der Waals surface area contributed by atoms with Gasteiger partial charge in [-0.1, -0.05) is 30.3 Å². The lowest BCUT2D eigenvalue weighted by molar-refractivity contribution is 0.0995. The van der Waals surface area contributed by atoms with Crippen molar-refractivity contribution in [2.24, 2.45) is 11.5 Å². The Morgan fingerprint density at radius 2 is 1.74 bits per heavy atom. The standard InChI is InChI=1S/C18H22N2O3/c19-12-5-4-11-17(23-18(20)21)14-7-6-10-16(13-14)22-15-8-2-1-3-9-15/h1-3,6-10,13,17H,4-5,11-12,19H2,(H2,20,21)/t17-/m0/s1. The van der Waals surface area contributed by atoms with Gasteiger partial charge < -0.3 is 20.9 Å². The smallest absolute Gasteiger partial charge is 0.405 e. The minimum atomic E-state index is -0.780. The Kier molecular flexibility index (Phi) is 6.44. The van der Waals surface area contributed by atoms with Gasteiger partial charge in [-0.05, 0) is 55.6 Å². The normalized spacial score (nSPS) is 11.7. The number of hydrogen-bond acceptors (Lipinski definition) is 4. The topological polar surface area (TPSA) is 87.6 Å². The molecule has 0 heterocycles. The first kappa shape index (κ1) is 16.8. The molecule has 0 fully saturated rings. The Hall–Kier alpha value is -2.53. The maximum Gasteiger partial charge on any atom is 0.405 e. The zero-order valence-corrected chi connectivity index (χ0v) is 13.0. The van der Waals surface area contributed by atoms with Gasteiger partial charge in [0.25, 0.3) is 0 Å². The summed E-state index contributed by atoms with van der Waals surface area (Å²) in [5.41, 5.74) is 11.5. The molecule has 1 amide bonds. The molecule has 5 heteroatoms. The largest absolute Gasteiger partial charge is 0.457 e. The number of nitrogens with two attached hydrogens (primary N) is 2. The van der Waals surface area contributed by atoms with Crippen molar-refractivity contribution < 1.29 is 14.3 Å². The molecule has 0 aromatic heterocycles. The van der Waals surface area contributed by atoms with E-state index in [0.717, 1.165) is 24.2 Å². The summed E-state index contributed by atoms with van der Waals surface area (Å²) in [6, 6.07) is 17.0. The second-order valence-electron chi connectivity index (χ2n) is 5.20. The van der Waals surface area contributed by atoms with E-state index in [1.165, 1.54) is 0 Å². The maximum atomic E-state index is 11.1. The number of benzene rings is 2. The van der Waals surface area contributed by atoms with E-state index in [4.69, 9.17) is 20.9 Å². The van der Waals surface area contributed by atoms with Gasteiger partial charge in [-0.3, -0.25) is 0 Å². The summed E-state index contributed by atoms with van der Waals surface area (Å²) in [4.78, 5) is 11.1. The number of ether oxygens (including phenoxy) is 2. The van der Waals surface area contributed by atoms with E-state index in [1.807, 2.05) is 54.6 Å². The highest BCUT2D eigenvalue weighted by Crippen LogP contribution is 2.28. The van der Waals surface area contributed by atoms with Gasteiger partial charge in [-0.25, -0.2) is 4.79 Å². The molecule has 0 aliphatic heterocycles. The first-order valence-electron chi connectivity index (χ1n) is 7.68. The van der Waals surface area contributed by atoms with Gasteiger partial charge >= 0.3 is 6.09 Å². The first-order chi connectivity index (χ1) is 11.2. The van der Waals surface area contributed by atoms with Crippen LogP contribution in [-0.2, 0) is 4.74 Å². The van der Waals surface area contributed by atoms with Crippen molar-refractivity contribution in [3.05, 3.63) is 60.2 Å². The van der Waals surface area contributed by atoms with Gasteiger partial charge in [0, 0.05) is 0 Å². The lowest BCUT2D eigenvalue weighted by Crippen LogP contribution is -2.17. The zero-order valence-electron chi connectivity index (χ0n) is 13.0. The van der Waals surface area contributed by atoms with Gasteiger partial charge in [-0.15, -0.1) is 0 Å². The van der Waals surface area contributed by atoms with Crippen LogP contribution in [-0.4, -0.2) is 12.6 Å². The van der Waals surface area contributed by atoms with Crippen LogP contribution >= 0.6 is 0 Å². The molecule has 0 aliphatic rings. The van der Waals surface area contributed by atoms with Gasteiger partial charge in [-0.2, -0.15) is 0 Å². The molecular formula is C18H22N2O3. The van der Waals surface area contributed by atoms with Crippen molar-refractivity contribution in [1.29, 1.82) is 0 Å². The van der Waals surface area contributed by atoms with Crippen LogP contribution in [0, 0.1) is 0 Å². The second-order valence-corrected chi connectivity index (χ2v) is 5.20. The molecule has 0 unspecified atom stereocenters. The SMILES string of the molecule is NCCCC[C@H](OC(N)=O)c1cccc(Oc2ccccc2)c1. The summed E-state index contributed by atoms with van der Waals surface area (Å²) >= 11 is 0. The van der Waals surface area contributed by atoms with Crippen LogP contribution in [0.5, 0.6) is 11.5 Å². The van der Waals surface area contributed by atoms with E-state index in [1.54, 1.807) is 0 Å². The van der Waals surface area contributed by atoms with Crippen molar-refractivity contribution >= 4 is 6.09 Å². The molecule has 1 atom stereocenters. The molecule has 2 aromatic rings. The van der Waals surface area contributed by atoms with Crippen LogP contribution in [0.3, 0.4) is 0 Å². The van der Waals surface area contributed by atoms with Crippen LogP contribution < -0.4 is 16.2 Å². The molecular weight excluding hydrogens is 292 g/mol. The van der Waals surface area contributed by atoms with Crippen LogP contribution in [0.25, 0.3) is 0 Å². The number of amides is 1. The fourth-order valence-electron chi connectivity index (χ4n) is 2.31. The molecule has 0 bridgehead atoms. The predicted octanol–water partition coefficient (Wildman–Crippen LogP) is 3.74. The molecule has 2 rings (SSSR count). The summed E-state index contributed by atoms with van der Waals surface area (Å²) < 4.78 is 11.0. The van der Waals surface area contributed by atoms with E-state index >= 15 is 0 Å².